The molecule has 15 nitrogen and oxygen atoms in total. The van der Waals surface area contributed by atoms with E-state index in [1.54, 1.807) is 41.5 Å². The van der Waals surface area contributed by atoms with Gasteiger partial charge in [-0.25, -0.2) is 23.9 Å². The summed E-state index contributed by atoms with van der Waals surface area (Å²) in [5.74, 6) is -2.59. The number of esters is 1. The molecule has 1 aromatic rings. The van der Waals surface area contributed by atoms with Crippen LogP contribution < -0.4 is 5.73 Å². The summed E-state index contributed by atoms with van der Waals surface area (Å²) in [7, 11) is 0. The highest BCUT2D eigenvalue weighted by atomic mass is 16.6. The Balaban J connectivity index is 2.31. The van der Waals surface area contributed by atoms with Gasteiger partial charge in [0.1, 0.15) is 35.8 Å². The van der Waals surface area contributed by atoms with E-state index in [1.165, 1.54) is 54.3 Å². The zero-order valence-corrected chi connectivity index (χ0v) is 33.6. The molecule has 3 atom stereocenters. The molecule has 1 aliphatic heterocycles. The summed E-state index contributed by atoms with van der Waals surface area (Å²) in [4.78, 5) is 84.0. The quantitative estimate of drug-likeness (QED) is 0.0511. The van der Waals surface area contributed by atoms with Crippen molar-refractivity contribution in [3.63, 3.8) is 0 Å². The van der Waals surface area contributed by atoms with E-state index < -0.39 is 59.5 Å². The number of carboxylic acid groups (broad SMARTS) is 1. The van der Waals surface area contributed by atoms with E-state index in [-0.39, 0.29) is 38.6 Å². The first-order chi connectivity index (χ1) is 25.4. The number of rotatable bonds is 23. The van der Waals surface area contributed by atoms with E-state index in [0.717, 1.165) is 30.6 Å². The number of hydrogen-bond donors (Lipinski definition) is 2. The molecule has 54 heavy (non-hydrogen) atoms. The van der Waals surface area contributed by atoms with Crippen molar-refractivity contribution in [2.45, 2.75) is 194 Å². The number of fused-ring (bicyclic) bond motifs is 1. The van der Waals surface area contributed by atoms with Crippen molar-refractivity contribution in [3.8, 4) is 0 Å². The molecule has 0 fully saturated rings. The molecule has 1 aromatic heterocycles. The maximum Gasteiger partial charge on any atom is 0.420 e. The van der Waals surface area contributed by atoms with Crippen molar-refractivity contribution in [2.24, 2.45) is 5.73 Å². The smallest absolute Gasteiger partial charge is 0.420 e. The van der Waals surface area contributed by atoms with Gasteiger partial charge in [-0.1, -0.05) is 71.1 Å². The second-order valence-corrected chi connectivity index (χ2v) is 16.2. The third-order valence-electron chi connectivity index (χ3n) is 9.03. The van der Waals surface area contributed by atoms with Crippen molar-refractivity contribution < 1.29 is 48.1 Å². The molecule has 0 saturated heterocycles. The van der Waals surface area contributed by atoms with Gasteiger partial charge < -0.3 is 30.0 Å². The molecule has 0 saturated carbocycles. The molecule has 0 aromatic carbocycles. The zero-order valence-electron chi connectivity index (χ0n) is 33.6. The lowest BCUT2D eigenvalue weighted by Gasteiger charge is -2.43. The second kappa shape index (κ2) is 22.3. The first-order valence-electron chi connectivity index (χ1n) is 19.6. The number of amides is 3. The van der Waals surface area contributed by atoms with Gasteiger partial charge in [-0.3, -0.25) is 19.3 Å². The third kappa shape index (κ3) is 16.5. The van der Waals surface area contributed by atoms with Crippen LogP contribution in [0.25, 0.3) is 0 Å². The molecule has 0 radical (unpaired) electrons. The van der Waals surface area contributed by atoms with Gasteiger partial charge >= 0.3 is 24.1 Å². The predicted octanol–water partition coefficient (Wildman–Crippen LogP) is 6.86. The number of aliphatic carboxylic acids is 1. The van der Waals surface area contributed by atoms with Gasteiger partial charge in [-0.2, -0.15) is 0 Å². The zero-order chi connectivity index (χ0) is 40.5. The molecule has 0 spiro atoms. The summed E-state index contributed by atoms with van der Waals surface area (Å²) in [5.41, 5.74) is 4.52. The van der Waals surface area contributed by atoms with Crippen LogP contribution in [0.1, 0.15) is 163 Å². The Labute approximate surface area is 320 Å². The molecular formula is C39H65N5O10. The highest BCUT2D eigenvalue weighted by Gasteiger charge is 2.43. The number of imidazole rings is 1. The van der Waals surface area contributed by atoms with Crippen LogP contribution in [0.4, 0.5) is 9.59 Å². The van der Waals surface area contributed by atoms with Gasteiger partial charge in [0, 0.05) is 12.8 Å². The van der Waals surface area contributed by atoms with E-state index >= 15 is 0 Å². The van der Waals surface area contributed by atoms with Crippen LogP contribution in [0.3, 0.4) is 0 Å². The number of nitrogens with two attached hydrogens (primary N) is 1. The highest BCUT2D eigenvalue weighted by Crippen LogP contribution is 2.30. The lowest BCUT2D eigenvalue weighted by molar-refractivity contribution is -0.163. The van der Waals surface area contributed by atoms with E-state index in [1.807, 2.05) is 0 Å². The number of ether oxygens (including phenoxy) is 3. The van der Waals surface area contributed by atoms with Crippen LogP contribution in [-0.4, -0.2) is 90.4 Å². The maximum absolute atomic E-state index is 14.0. The number of aromatic nitrogens is 2. The van der Waals surface area contributed by atoms with Crippen LogP contribution in [0.2, 0.25) is 0 Å². The average Bonchev–Trinajstić information content (AvgIpc) is 3.47. The fourth-order valence-electron chi connectivity index (χ4n) is 6.43. The second-order valence-electron chi connectivity index (χ2n) is 16.2. The minimum Gasteiger partial charge on any atom is -0.481 e. The fraction of sp³-hybridized carbons (Fsp3) is 0.769. The molecule has 0 unspecified atom stereocenters. The predicted molar refractivity (Wildman–Crippen MR) is 201 cm³/mol. The SMILES string of the molecule is CCCCCCCCCCCCC[C@@H](CC(N)=O)OC(=O)[C@H](CCCC(=O)O)N(C=O)[C@@H]1Cc2ncn(C(=O)OC(C)(C)C)c2CN1C(=O)OC(C)(C)C. The van der Waals surface area contributed by atoms with Gasteiger partial charge in [-0.15, -0.1) is 0 Å². The van der Waals surface area contributed by atoms with Gasteiger partial charge in [0.25, 0.3) is 0 Å². The van der Waals surface area contributed by atoms with E-state index in [0.29, 0.717) is 30.6 Å². The normalized spacial score (nSPS) is 15.5. The number of carbonyl (C=O) groups excluding carboxylic acids is 5. The molecule has 3 N–H and O–H groups in total. The number of primary amides is 1. The molecule has 2 heterocycles. The summed E-state index contributed by atoms with van der Waals surface area (Å²) in [6, 6.07) is -1.33. The summed E-state index contributed by atoms with van der Waals surface area (Å²) in [5, 5.41) is 9.37. The van der Waals surface area contributed by atoms with Gasteiger partial charge in [-0.05, 0) is 67.2 Å². The largest absolute Gasteiger partial charge is 0.481 e. The molecule has 0 aliphatic carbocycles. The Bertz CT molecular complexity index is 1380. The molecule has 2 rings (SSSR count). The number of nitrogens with zero attached hydrogens (tertiary/aromatic N) is 4. The minimum atomic E-state index is -1.33. The van der Waals surface area contributed by atoms with Crippen LogP contribution >= 0.6 is 0 Å². The third-order valence-corrected chi connectivity index (χ3v) is 9.03. The number of hydrogen-bond acceptors (Lipinski definition) is 10. The Morgan fingerprint density at radius 2 is 1.44 bits per heavy atom. The Kier molecular flexibility index (Phi) is 19.0. The maximum atomic E-state index is 14.0. The van der Waals surface area contributed by atoms with Gasteiger partial charge in [0.2, 0.25) is 12.3 Å². The van der Waals surface area contributed by atoms with Crippen LogP contribution in [0, 0.1) is 0 Å². The summed E-state index contributed by atoms with van der Waals surface area (Å²) >= 11 is 0. The van der Waals surface area contributed by atoms with Crippen molar-refractivity contribution in [1.29, 1.82) is 0 Å². The molecular weight excluding hydrogens is 698 g/mol. The van der Waals surface area contributed by atoms with E-state index in [4.69, 9.17) is 19.9 Å². The van der Waals surface area contributed by atoms with Crippen molar-refractivity contribution in [2.75, 3.05) is 0 Å². The van der Waals surface area contributed by atoms with Gasteiger partial charge in [0.15, 0.2) is 0 Å². The number of carboxylic acids is 1. The van der Waals surface area contributed by atoms with Crippen molar-refractivity contribution in [3.05, 3.63) is 17.7 Å². The molecule has 3 amide bonds. The Hall–Kier alpha value is -4.17. The first-order valence-corrected chi connectivity index (χ1v) is 19.6. The van der Waals surface area contributed by atoms with Crippen LogP contribution in [-0.2, 0) is 46.4 Å². The van der Waals surface area contributed by atoms with E-state index in [9.17, 15) is 33.9 Å². The lowest BCUT2D eigenvalue weighted by atomic mass is 10.0. The molecule has 15 heteroatoms. The van der Waals surface area contributed by atoms with Crippen molar-refractivity contribution >= 4 is 36.4 Å². The topological polar surface area (TPSA) is 201 Å². The monoisotopic (exact) mass is 763 g/mol. The highest BCUT2D eigenvalue weighted by molar-refractivity contribution is 5.80. The molecule has 306 valence electrons. The lowest BCUT2D eigenvalue weighted by Crippen LogP contribution is -2.59. The minimum absolute atomic E-state index is 0.0101. The number of carbonyl (C=O) groups is 6. The Morgan fingerprint density at radius 3 is 1.96 bits per heavy atom. The van der Waals surface area contributed by atoms with Crippen LogP contribution in [0.5, 0.6) is 0 Å². The summed E-state index contributed by atoms with van der Waals surface area (Å²) in [6.07, 6.45) is 10.2. The first kappa shape index (κ1) is 46.0. The summed E-state index contributed by atoms with van der Waals surface area (Å²) in [6.45, 7) is 12.2. The average molecular weight is 764 g/mol. The fourth-order valence-corrected chi connectivity index (χ4v) is 6.43. The molecule has 0 bridgehead atoms. The van der Waals surface area contributed by atoms with Crippen LogP contribution in [0.15, 0.2) is 6.33 Å². The van der Waals surface area contributed by atoms with E-state index in [2.05, 4.69) is 11.9 Å². The molecule has 1 aliphatic rings. The standard InChI is InChI=1S/C39H65N5O10/c1-8-9-10-11-12-13-14-15-16-17-18-20-28(23-32(40)46)52-35(49)30(21-19-22-34(47)48)44(27-45)33-24-29-31(25-42(33)36(50)53-38(2,3)4)43(26-41-29)37(51)54-39(5,6)7/h26-28,30,33H,8-25H2,1-7H3,(H2,40,46)(H,47,48)/t28-,30-,33+/m0/s1. The summed E-state index contributed by atoms with van der Waals surface area (Å²) < 4.78 is 18.3. The van der Waals surface area contributed by atoms with Gasteiger partial charge in [0.05, 0.1) is 24.4 Å². The van der Waals surface area contributed by atoms with Crippen molar-refractivity contribution in [1.82, 2.24) is 19.4 Å². The Morgan fingerprint density at radius 1 is 0.889 bits per heavy atom. The number of unbranched alkanes of at least 4 members (excludes halogenated alkanes) is 10.